The van der Waals surface area contributed by atoms with Gasteiger partial charge in [-0.25, -0.2) is 15.0 Å². The van der Waals surface area contributed by atoms with E-state index in [9.17, 15) is 0 Å². The molecule has 0 atom stereocenters. The van der Waals surface area contributed by atoms with E-state index in [1.807, 2.05) is 6.92 Å². The first-order valence-electron chi connectivity index (χ1n) is 6.47. The molecule has 19 heavy (non-hydrogen) atoms. The zero-order chi connectivity index (χ0) is 13.7. The zero-order valence-corrected chi connectivity index (χ0v) is 12.3. The van der Waals surface area contributed by atoms with E-state index >= 15 is 0 Å². The van der Waals surface area contributed by atoms with Crippen LogP contribution in [-0.2, 0) is 13.0 Å². The van der Waals surface area contributed by atoms with Gasteiger partial charge in [0.2, 0.25) is 0 Å². The van der Waals surface area contributed by atoms with Gasteiger partial charge in [-0.3, -0.25) is 0 Å². The third kappa shape index (κ3) is 3.41. The first-order valence-corrected chi connectivity index (χ1v) is 7.35. The highest BCUT2D eigenvalue weighted by Gasteiger charge is 2.09. The van der Waals surface area contributed by atoms with Gasteiger partial charge in [0, 0.05) is 23.2 Å². The van der Waals surface area contributed by atoms with Crippen LogP contribution in [0.5, 0.6) is 0 Å². The average Bonchev–Trinajstić information content (AvgIpc) is 2.83. The Morgan fingerprint density at radius 2 is 1.89 bits per heavy atom. The summed E-state index contributed by atoms with van der Waals surface area (Å²) in [7, 11) is 0. The molecule has 2 aromatic rings. The van der Waals surface area contributed by atoms with Crippen LogP contribution in [0.4, 0.5) is 11.6 Å². The predicted octanol–water partition coefficient (Wildman–Crippen LogP) is 2.85. The summed E-state index contributed by atoms with van der Waals surface area (Å²) in [6, 6.07) is 0. The highest BCUT2D eigenvalue weighted by molar-refractivity contribution is 7.09. The molecule has 0 saturated heterocycles. The maximum atomic E-state index is 4.44. The number of aromatic nitrogens is 3. The lowest BCUT2D eigenvalue weighted by atomic mass is 10.2. The number of thiazole rings is 1. The molecule has 0 radical (unpaired) electrons. The monoisotopic (exact) mass is 277 g/mol. The molecular formula is C13H19N5S. The lowest BCUT2D eigenvalue weighted by Gasteiger charge is -2.12. The second kappa shape index (κ2) is 6.47. The summed E-state index contributed by atoms with van der Waals surface area (Å²) in [4.78, 5) is 13.0. The van der Waals surface area contributed by atoms with Crippen molar-refractivity contribution in [3.63, 3.8) is 0 Å². The SMILES string of the molecule is CCNc1ncnc(NCc2nc(C)cs2)c1CC. The first-order chi connectivity index (χ1) is 9.24. The van der Waals surface area contributed by atoms with E-state index in [4.69, 9.17) is 0 Å². The van der Waals surface area contributed by atoms with Crippen LogP contribution in [0.2, 0.25) is 0 Å². The first kappa shape index (κ1) is 13.7. The minimum Gasteiger partial charge on any atom is -0.370 e. The van der Waals surface area contributed by atoms with Crippen LogP contribution in [-0.4, -0.2) is 21.5 Å². The molecule has 2 aromatic heterocycles. The Hall–Kier alpha value is -1.69. The van der Waals surface area contributed by atoms with Crippen molar-refractivity contribution < 1.29 is 0 Å². The molecule has 0 aliphatic carbocycles. The Balaban J connectivity index is 2.13. The number of hydrogen-bond acceptors (Lipinski definition) is 6. The van der Waals surface area contributed by atoms with Crippen molar-refractivity contribution in [1.82, 2.24) is 15.0 Å². The fraction of sp³-hybridized carbons (Fsp3) is 0.462. The molecule has 2 heterocycles. The molecule has 0 unspecified atom stereocenters. The fourth-order valence-electron chi connectivity index (χ4n) is 1.86. The number of nitrogens with one attached hydrogen (secondary N) is 2. The van der Waals surface area contributed by atoms with Gasteiger partial charge in [-0.1, -0.05) is 6.92 Å². The lowest BCUT2D eigenvalue weighted by molar-refractivity contribution is 0.990. The van der Waals surface area contributed by atoms with Crippen molar-refractivity contribution in [3.8, 4) is 0 Å². The van der Waals surface area contributed by atoms with Gasteiger partial charge in [-0.05, 0) is 20.3 Å². The van der Waals surface area contributed by atoms with Gasteiger partial charge in [-0.2, -0.15) is 0 Å². The van der Waals surface area contributed by atoms with Crippen LogP contribution in [0.25, 0.3) is 0 Å². The van der Waals surface area contributed by atoms with Crippen LogP contribution in [0.15, 0.2) is 11.7 Å². The highest BCUT2D eigenvalue weighted by atomic mass is 32.1. The van der Waals surface area contributed by atoms with Crippen LogP contribution in [0.1, 0.15) is 30.1 Å². The minimum absolute atomic E-state index is 0.702. The van der Waals surface area contributed by atoms with Crippen LogP contribution < -0.4 is 10.6 Å². The normalized spacial score (nSPS) is 10.5. The van der Waals surface area contributed by atoms with E-state index in [1.165, 1.54) is 0 Å². The Morgan fingerprint density at radius 3 is 2.47 bits per heavy atom. The summed E-state index contributed by atoms with van der Waals surface area (Å²) in [5.74, 6) is 1.80. The molecular weight excluding hydrogens is 258 g/mol. The van der Waals surface area contributed by atoms with E-state index in [0.29, 0.717) is 6.54 Å². The van der Waals surface area contributed by atoms with Crippen molar-refractivity contribution in [3.05, 3.63) is 28.0 Å². The van der Waals surface area contributed by atoms with Crippen molar-refractivity contribution >= 4 is 23.0 Å². The van der Waals surface area contributed by atoms with E-state index < -0.39 is 0 Å². The average molecular weight is 277 g/mol. The van der Waals surface area contributed by atoms with E-state index in [1.54, 1.807) is 17.7 Å². The van der Waals surface area contributed by atoms with Crippen molar-refractivity contribution in [1.29, 1.82) is 0 Å². The molecule has 0 bridgehead atoms. The molecule has 0 saturated carbocycles. The summed E-state index contributed by atoms with van der Waals surface area (Å²) in [5, 5.41) is 9.74. The molecule has 6 heteroatoms. The summed E-state index contributed by atoms with van der Waals surface area (Å²) in [6.07, 6.45) is 2.48. The van der Waals surface area contributed by atoms with Gasteiger partial charge in [0.25, 0.3) is 0 Å². The third-order valence-corrected chi connectivity index (χ3v) is 3.68. The maximum absolute atomic E-state index is 4.44. The van der Waals surface area contributed by atoms with E-state index in [2.05, 4.69) is 44.8 Å². The standard InChI is InChI=1S/C13H19N5S/c1-4-10-12(14-5-2)16-8-17-13(10)15-6-11-18-9(3)7-19-11/h7-8H,4-6H2,1-3H3,(H2,14,15,16,17). The Morgan fingerprint density at radius 1 is 1.16 bits per heavy atom. The Bertz CT molecular complexity index is 538. The minimum atomic E-state index is 0.702. The van der Waals surface area contributed by atoms with Crippen molar-refractivity contribution in [2.45, 2.75) is 33.7 Å². The summed E-state index contributed by atoms with van der Waals surface area (Å²) >= 11 is 1.66. The molecule has 2 N–H and O–H groups in total. The fourth-order valence-corrected chi connectivity index (χ4v) is 2.57. The van der Waals surface area contributed by atoms with E-state index in [-0.39, 0.29) is 0 Å². The Kier molecular flexibility index (Phi) is 4.68. The quantitative estimate of drug-likeness (QED) is 0.850. The number of rotatable bonds is 6. The summed E-state index contributed by atoms with van der Waals surface area (Å²) in [5.41, 5.74) is 2.19. The van der Waals surface area contributed by atoms with Crippen molar-refractivity contribution in [2.75, 3.05) is 17.2 Å². The second-order valence-electron chi connectivity index (χ2n) is 4.17. The lowest BCUT2D eigenvalue weighted by Crippen LogP contribution is -2.09. The molecule has 5 nitrogen and oxygen atoms in total. The van der Waals surface area contributed by atoms with Crippen LogP contribution in [0.3, 0.4) is 0 Å². The summed E-state index contributed by atoms with van der Waals surface area (Å²) in [6.45, 7) is 7.74. The smallest absolute Gasteiger partial charge is 0.135 e. The number of anilines is 2. The van der Waals surface area contributed by atoms with Gasteiger partial charge in [0.15, 0.2) is 0 Å². The maximum Gasteiger partial charge on any atom is 0.135 e. The number of aryl methyl sites for hydroxylation is 1. The molecule has 0 fully saturated rings. The van der Waals surface area contributed by atoms with Gasteiger partial charge in [-0.15, -0.1) is 11.3 Å². The summed E-state index contributed by atoms with van der Waals surface area (Å²) < 4.78 is 0. The zero-order valence-electron chi connectivity index (χ0n) is 11.5. The topological polar surface area (TPSA) is 62.7 Å². The molecule has 0 aliphatic rings. The van der Waals surface area contributed by atoms with Crippen LogP contribution in [0, 0.1) is 6.92 Å². The molecule has 0 amide bonds. The van der Waals surface area contributed by atoms with Crippen molar-refractivity contribution in [2.24, 2.45) is 0 Å². The number of nitrogens with zero attached hydrogens (tertiary/aromatic N) is 3. The third-order valence-electron chi connectivity index (χ3n) is 2.72. The predicted molar refractivity (Wildman–Crippen MR) is 79.8 cm³/mol. The Labute approximate surface area is 117 Å². The largest absolute Gasteiger partial charge is 0.370 e. The highest BCUT2D eigenvalue weighted by Crippen LogP contribution is 2.21. The molecule has 0 spiro atoms. The molecule has 0 aliphatic heterocycles. The second-order valence-corrected chi connectivity index (χ2v) is 5.11. The molecule has 0 aromatic carbocycles. The van der Waals surface area contributed by atoms with Crippen LogP contribution >= 0.6 is 11.3 Å². The van der Waals surface area contributed by atoms with Gasteiger partial charge in [0.05, 0.1) is 6.54 Å². The van der Waals surface area contributed by atoms with Gasteiger partial charge in [0.1, 0.15) is 23.0 Å². The van der Waals surface area contributed by atoms with Gasteiger partial charge >= 0.3 is 0 Å². The molecule has 2 rings (SSSR count). The molecule has 102 valence electrons. The van der Waals surface area contributed by atoms with Gasteiger partial charge < -0.3 is 10.6 Å². The van der Waals surface area contributed by atoms with E-state index in [0.717, 1.165) is 40.9 Å². The number of hydrogen-bond donors (Lipinski definition) is 2.